The first-order valence-corrected chi connectivity index (χ1v) is 11.6. The number of nitriles is 3. The Morgan fingerprint density at radius 3 is 2.15 bits per heavy atom. The summed E-state index contributed by atoms with van der Waals surface area (Å²) in [6, 6.07) is 8.81. The van der Waals surface area contributed by atoms with Gasteiger partial charge in [0.1, 0.15) is 17.7 Å². The first kappa shape index (κ1) is 23.1. The van der Waals surface area contributed by atoms with Crippen LogP contribution in [0, 0.1) is 67.8 Å². The van der Waals surface area contributed by atoms with Crippen LogP contribution in [-0.2, 0) is 9.47 Å². The Kier molecular flexibility index (Phi) is 6.12. The summed E-state index contributed by atoms with van der Waals surface area (Å²) in [7, 11) is 0. The minimum absolute atomic E-state index is 0.193. The van der Waals surface area contributed by atoms with Crippen molar-refractivity contribution in [3.8, 4) is 18.2 Å². The Morgan fingerprint density at radius 2 is 1.55 bits per heavy atom. The van der Waals surface area contributed by atoms with Gasteiger partial charge in [-0.1, -0.05) is 51.0 Å². The molecule has 1 aromatic rings. The average molecular weight is 453 g/mol. The highest BCUT2D eigenvalue weighted by Gasteiger charge is 2.80. The standard InChI is InChI=1S/C25H26F2N4O2/c26-17-10-11-18(19(27)13-17)21-23(14-28,15-29)24(16-30)20-9-7-5-3-1-2-4-6-8-12-25(20,32-21)33-22(24)31/h10-11,13,20-21,31H,1-9,12H2. The quantitative estimate of drug-likeness (QED) is 0.577. The van der Waals surface area contributed by atoms with Gasteiger partial charge in [-0.05, 0) is 18.9 Å². The zero-order valence-corrected chi connectivity index (χ0v) is 18.4. The topological polar surface area (TPSA) is 114 Å². The molecule has 4 rings (SSSR count). The van der Waals surface area contributed by atoms with Crippen molar-refractivity contribution >= 4 is 5.90 Å². The van der Waals surface area contributed by atoms with E-state index in [9.17, 15) is 24.6 Å². The molecular formula is C25H26F2N4O2. The van der Waals surface area contributed by atoms with E-state index in [0.717, 1.165) is 57.1 Å². The van der Waals surface area contributed by atoms with Gasteiger partial charge in [0.15, 0.2) is 5.41 Å². The average Bonchev–Trinajstić information content (AvgIpc) is 2.97. The minimum Gasteiger partial charge on any atom is -0.447 e. The summed E-state index contributed by atoms with van der Waals surface area (Å²) < 4.78 is 40.9. The zero-order valence-electron chi connectivity index (χ0n) is 18.4. The Labute approximate surface area is 192 Å². The Bertz CT molecular complexity index is 1060. The molecule has 1 saturated carbocycles. The van der Waals surface area contributed by atoms with Crippen LogP contribution in [0.25, 0.3) is 0 Å². The summed E-state index contributed by atoms with van der Waals surface area (Å²) in [6.45, 7) is 0. The monoisotopic (exact) mass is 452 g/mol. The van der Waals surface area contributed by atoms with Gasteiger partial charge >= 0.3 is 0 Å². The predicted octanol–water partition coefficient (Wildman–Crippen LogP) is 5.81. The van der Waals surface area contributed by atoms with Crippen LogP contribution in [0.15, 0.2) is 18.2 Å². The Hall–Kier alpha value is -3.02. The van der Waals surface area contributed by atoms with Gasteiger partial charge in [-0.15, -0.1) is 0 Å². The first-order valence-electron chi connectivity index (χ1n) is 11.6. The first-order chi connectivity index (χ1) is 15.9. The highest BCUT2D eigenvalue weighted by atomic mass is 19.1. The predicted molar refractivity (Wildman–Crippen MR) is 113 cm³/mol. The fourth-order valence-electron chi connectivity index (χ4n) is 5.91. The van der Waals surface area contributed by atoms with Gasteiger partial charge in [0.25, 0.3) is 0 Å². The van der Waals surface area contributed by atoms with Crippen molar-refractivity contribution in [1.82, 2.24) is 0 Å². The molecule has 0 radical (unpaired) electrons. The second-order valence-electron chi connectivity index (χ2n) is 9.28. The molecule has 2 aliphatic heterocycles. The van der Waals surface area contributed by atoms with Crippen LogP contribution in [0.5, 0.6) is 0 Å². The van der Waals surface area contributed by atoms with Crippen LogP contribution in [0.4, 0.5) is 8.78 Å². The molecule has 3 fully saturated rings. The molecule has 0 spiro atoms. The highest BCUT2D eigenvalue weighted by Crippen LogP contribution is 2.68. The number of rotatable bonds is 1. The van der Waals surface area contributed by atoms with Gasteiger partial charge in [0, 0.05) is 18.1 Å². The van der Waals surface area contributed by atoms with Crippen LogP contribution >= 0.6 is 0 Å². The van der Waals surface area contributed by atoms with Crippen molar-refractivity contribution < 1.29 is 18.3 Å². The molecule has 172 valence electrons. The molecule has 4 unspecified atom stereocenters. The smallest absolute Gasteiger partial charge is 0.217 e. The van der Waals surface area contributed by atoms with E-state index in [4.69, 9.17) is 14.9 Å². The maximum Gasteiger partial charge on any atom is 0.217 e. The van der Waals surface area contributed by atoms with Crippen molar-refractivity contribution in [3.63, 3.8) is 0 Å². The molecule has 4 atom stereocenters. The van der Waals surface area contributed by atoms with E-state index in [-0.39, 0.29) is 5.56 Å². The summed E-state index contributed by atoms with van der Waals surface area (Å²) in [5.74, 6) is -4.40. The third-order valence-electron chi connectivity index (χ3n) is 7.56. The van der Waals surface area contributed by atoms with Crippen LogP contribution in [0.3, 0.4) is 0 Å². The molecule has 0 aromatic heterocycles. The lowest BCUT2D eigenvalue weighted by Gasteiger charge is -2.50. The van der Waals surface area contributed by atoms with Crippen LogP contribution in [-0.4, -0.2) is 11.7 Å². The number of hydrogen-bond acceptors (Lipinski definition) is 6. The lowest BCUT2D eigenvalue weighted by molar-refractivity contribution is -0.288. The maximum absolute atomic E-state index is 14.9. The van der Waals surface area contributed by atoms with Gasteiger partial charge in [-0.25, -0.2) is 8.78 Å². The van der Waals surface area contributed by atoms with Crippen molar-refractivity contribution in [1.29, 1.82) is 21.2 Å². The van der Waals surface area contributed by atoms with Crippen molar-refractivity contribution in [2.75, 3.05) is 0 Å². The number of hydrogen-bond donors (Lipinski definition) is 1. The van der Waals surface area contributed by atoms with Crippen LogP contribution in [0.2, 0.25) is 0 Å². The largest absolute Gasteiger partial charge is 0.447 e. The number of benzene rings is 1. The lowest BCUT2D eigenvalue weighted by Crippen LogP contribution is -2.59. The molecule has 2 heterocycles. The van der Waals surface area contributed by atoms with Gasteiger partial charge < -0.3 is 9.47 Å². The van der Waals surface area contributed by atoms with Crippen molar-refractivity contribution in [2.24, 2.45) is 16.7 Å². The molecule has 33 heavy (non-hydrogen) atoms. The summed E-state index contributed by atoms with van der Waals surface area (Å²) in [6.07, 6.45) is 6.90. The molecule has 8 heteroatoms. The second-order valence-corrected chi connectivity index (χ2v) is 9.28. The summed E-state index contributed by atoms with van der Waals surface area (Å²) in [5, 5.41) is 39.7. The van der Waals surface area contributed by atoms with E-state index in [1.54, 1.807) is 0 Å². The van der Waals surface area contributed by atoms with Crippen molar-refractivity contribution in [2.45, 2.75) is 76.1 Å². The molecule has 1 aromatic carbocycles. The number of halogens is 2. The normalized spacial score (nSPS) is 33.7. The van der Waals surface area contributed by atoms with Crippen LogP contribution in [0.1, 0.15) is 75.9 Å². The molecule has 1 N–H and O–H groups in total. The van der Waals surface area contributed by atoms with E-state index in [0.29, 0.717) is 25.3 Å². The third-order valence-corrected chi connectivity index (χ3v) is 7.56. The molecule has 0 amide bonds. The van der Waals surface area contributed by atoms with Gasteiger partial charge in [-0.2, -0.15) is 15.8 Å². The van der Waals surface area contributed by atoms with Gasteiger partial charge in [0.05, 0.1) is 24.1 Å². The lowest BCUT2D eigenvalue weighted by atomic mass is 9.52. The van der Waals surface area contributed by atoms with E-state index in [2.05, 4.69) is 6.07 Å². The third kappa shape index (κ3) is 3.30. The van der Waals surface area contributed by atoms with Crippen molar-refractivity contribution in [3.05, 3.63) is 35.4 Å². The maximum atomic E-state index is 14.9. The summed E-state index contributed by atoms with van der Waals surface area (Å²) in [4.78, 5) is 0. The second kappa shape index (κ2) is 8.73. The fraction of sp³-hybridized carbons (Fsp3) is 0.600. The van der Waals surface area contributed by atoms with Gasteiger partial charge in [0.2, 0.25) is 17.1 Å². The Balaban J connectivity index is 1.91. The molecule has 1 aliphatic carbocycles. The van der Waals surface area contributed by atoms with E-state index >= 15 is 0 Å². The number of nitrogens with zero attached hydrogens (tertiary/aromatic N) is 3. The fourth-order valence-corrected chi connectivity index (χ4v) is 5.91. The van der Waals surface area contributed by atoms with E-state index < -0.39 is 46.2 Å². The molecule has 6 nitrogen and oxygen atoms in total. The Morgan fingerprint density at radius 1 is 0.909 bits per heavy atom. The molecular weight excluding hydrogens is 426 g/mol. The highest BCUT2D eigenvalue weighted by molar-refractivity contribution is 5.89. The van der Waals surface area contributed by atoms with Gasteiger partial charge in [-0.3, -0.25) is 5.41 Å². The summed E-state index contributed by atoms with van der Waals surface area (Å²) >= 11 is 0. The molecule has 2 bridgehead atoms. The minimum atomic E-state index is -2.24. The van der Waals surface area contributed by atoms with E-state index in [1.165, 1.54) is 0 Å². The number of ether oxygens (including phenoxy) is 2. The van der Waals surface area contributed by atoms with Crippen LogP contribution < -0.4 is 0 Å². The zero-order chi connectivity index (χ0) is 23.7. The molecule has 3 aliphatic rings. The van der Waals surface area contributed by atoms with E-state index in [1.807, 2.05) is 12.1 Å². The summed E-state index contributed by atoms with van der Waals surface area (Å²) in [5.41, 5.74) is -4.36. The SMILES string of the molecule is N#CC1(C#N)C(c2ccc(F)cc2F)OC23CCCCCCCCCCC2C1(C#N)C(=N)O3. The number of nitrogens with one attached hydrogen (secondary N) is 1. The molecule has 2 saturated heterocycles.